The van der Waals surface area contributed by atoms with Gasteiger partial charge in [0.25, 0.3) is 11.6 Å². The Hall–Kier alpha value is -0.720. The maximum atomic E-state index is 14.3. The molecule has 4 atom stereocenters. The second-order valence-corrected chi connectivity index (χ2v) is 5.55. The van der Waals surface area contributed by atoms with Crippen LogP contribution in [0.1, 0.15) is 33.6 Å². The molecule has 0 aromatic rings. The zero-order valence-corrected chi connectivity index (χ0v) is 11.6. The molecule has 1 nitrogen and oxygen atoms in total. The van der Waals surface area contributed by atoms with Crippen LogP contribution in [0.3, 0.4) is 0 Å². The molecule has 2 N–H and O–H groups in total. The number of nitrogens with two attached hydrogens (primary N) is 1. The van der Waals surface area contributed by atoms with Crippen LogP contribution in [0.5, 0.6) is 0 Å². The molecule has 0 saturated carbocycles. The molecule has 0 heterocycles. The van der Waals surface area contributed by atoms with Crippen LogP contribution in [-0.4, -0.2) is 23.8 Å². The van der Waals surface area contributed by atoms with Gasteiger partial charge in [-0.25, -0.2) is 13.2 Å². The molecule has 1 rings (SSSR count). The molecule has 0 bridgehead atoms. The number of hydrogen-bond acceptors (Lipinski definition) is 1. The summed E-state index contributed by atoms with van der Waals surface area (Å²) in [4.78, 5) is 0. The quantitative estimate of drug-likeness (QED) is 0.613. The number of rotatable bonds is 3. The van der Waals surface area contributed by atoms with Crippen molar-refractivity contribution in [2.75, 3.05) is 0 Å². The highest BCUT2D eigenvalue weighted by Crippen LogP contribution is 2.53. The van der Waals surface area contributed by atoms with Gasteiger partial charge < -0.3 is 5.73 Å². The third-order valence-corrected chi connectivity index (χ3v) is 4.06. The average Bonchev–Trinajstić information content (AvgIpc) is 2.28. The number of halogens is 6. The summed E-state index contributed by atoms with van der Waals surface area (Å²) in [5.74, 6) is -5.57. The minimum absolute atomic E-state index is 0.0402. The van der Waals surface area contributed by atoms with Crippen LogP contribution in [0.15, 0.2) is 11.6 Å². The summed E-state index contributed by atoms with van der Waals surface area (Å²) in [5.41, 5.74) is 0.280. The van der Waals surface area contributed by atoms with Crippen LogP contribution in [-0.2, 0) is 0 Å². The molecule has 0 spiro atoms. The third kappa shape index (κ3) is 2.69. The Morgan fingerprint density at radius 3 is 2.05 bits per heavy atom. The number of hydrogen-bond donors (Lipinski definition) is 1. The van der Waals surface area contributed by atoms with Gasteiger partial charge in [-0.3, -0.25) is 0 Å². The highest BCUT2D eigenvalue weighted by atomic mass is 19.4. The molecular weight excluding hydrogens is 284 g/mol. The standard InChI is InChI=1S/C13H19F6N/c1-4-8-6-9(5-7(2)10(8)20)12(16,11(3,14)15)13(17,18)19/h5,7-8,10H,4,6,20H2,1-3H3. The molecule has 0 aliphatic heterocycles. The van der Waals surface area contributed by atoms with Gasteiger partial charge in [0.05, 0.1) is 0 Å². The van der Waals surface area contributed by atoms with E-state index in [0.717, 1.165) is 6.08 Å². The first-order chi connectivity index (χ1) is 8.86. The topological polar surface area (TPSA) is 26.0 Å². The summed E-state index contributed by atoms with van der Waals surface area (Å²) < 4.78 is 79.7. The van der Waals surface area contributed by atoms with Crippen molar-refractivity contribution in [2.24, 2.45) is 17.6 Å². The Balaban J connectivity index is 3.34. The van der Waals surface area contributed by atoms with E-state index in [-0.39, 0.29) is 6.92 Å². The second kappa shape index (κ2) is 5.24. The fourth-order valence-electron chi connectivity index (χ4n) is 2.73. The first-order valence-corrected chi connectivity index (χ1v) is 6.46. The highest BCUT2D eigenvalue weighted by Gasteiger charge is 2.71. The number of alkyl halides is 6. The van der Waals surface area contributed by atoms with E-state index in [1.165, 1.54) is 6.92 Å². The van der Waals surface area contributed by atoms with Crippen molar-refractivity contribution < 1.29 is 26.3 Å². The van der Waals surface area contributed by atoms with E-state index in [1.807, 2.05) is 0 Å². The van der Waals surface area contributed by atoms with E-state index in [4.69, 9.17) is 5.73 Å². The Morgan fingerprint density at radius 2 is 1.70 bits per heavy atom. The molecular formula is C13H19F6N. The lowest BCUT2D eigenvalue weighted by atomic mass is 9.72. The summed E-state index contributed by atoms with van der Waals surface area (Å²) >= 11 is 0. The highest BCUT2D eigenvalue weighted by molar-refractivity contribution is 5.29. The Bertz CT molecular complexity index is 367. The van der Waals surface area contributed by atoms with E-state index >= 15 is 0 Å². The maximum Gasteiger partial charge on any atom is 0.432 e. The molecule has 0 fully saturated rings. The van der Waals surface area contributed by atoms with Crippen molar-refractivity contribution in [1.29, 1.82) is 0 Å². The molecule has 1 aliphatic rings. The molecule has 0 amide bonds. The average molecular weight is 303 g/mol. The van der Waals surface area contributed by atoms with Crippen molar-refractivity contribution in [1.82, 2.24) is 0 Å². The first kappa shape index (κ1) is 17.3. The summed E-state index contributed by atoms with van der Waals surface area (Å²) in [6.45, 7) is 3.16. The molecule has 0 aromatic heterocycles. The largest absolute Gasteiger partial charge is 0.432 e. The molecule has 7 heteroatoms. The summed E-state index contributed by atoms with van der Waals surface area (Å²) in [6, 6.07) is -0.452. The van der Waals surface area contributed by atoms with Gasteiger partial charge in [-0.05, 0) is 23.8 Å². The SMILES string of the molecule is CCC1CC(C(F)(C(C)(F)F)C(F)(F)F)=CC(C)C1N. The lowest BCUT2D eigenvalue weighted by Gasteiger charge is -2.41. The van der Waals surface area contributed by atoms with Crippen molar-refractivity contribution in [3.8, 4) is 0 Å². The van der Waals surface area contributed by atoms with Crippen LogP contribution in [0.4, 0.5) is 26.3 Å². The van der Waals surface area contributed by atoms with Crippen molar-refractivity contribution in [2.45, 2.75) is 57.4 Å². The molecule has 0 saturated heterocycles. The van der Waals surface area contributed by atoms with E-state index in [9.17, 15) is 26.3 Å². The van der Waals surface area contributed by atoms with E-state index < -0.39 is 47.6 Å². The zero-order valence-electron chi connectivity index (χ0n) is 11.6. The Labute approximate surface area is 114 Å². The van der Waals surface area contributed by atoms with Gasteiger partial charge in [0.2, 0.25) is 0 Å². The molecule has 0 aromatic carbocycles. The van der Waals surface area contributed by atoms with Gasteiger partial charge in [-0.2, -0.15) is 13.2 Å². The van der Waals surface area contributed by atoms with E-state index in [2.05, 4.69) is 0 Å². The van der Waals surface area contributed by atoms with E-state index in [1.54, 1.807) is 6.92 Å². The van der Waals surface area contributed by atoms with Gasteiger partial charge in [-0.1, -0.05) is 26.3 Å². The summed E-state index contributed by atoms with van der Waals surface area (Å²) in [6.07, 6.45) is -4.74. The van der Waals surface area contributed by atoms with E-state index in [0.29, 0.717) is 6.42 Å². The summed E-state index contributed by atoms with van der Waals surface area (Å²) in [5, 5.41) is 0. The normalized spacial score (nSPS) is 31.7. The Morgan fingerprint density at radius 1 is 1.20 bits per heavy atom. The van der Waals surface area contributed by atoms with Crippen LogP contribution < -0.4 is 5.73 Å². The van der Waals surface area contributed by atoms with Gasteiger partial charge in [0, 0.05) is 13.0 Å². The molecule has 4 unspecified atom stereocenters. The van der Waals surface area contributed by atoms with Gasteiger partial charge in [0.15, 0.2) is 0 Å². The maximum absolute atomic E-state index is 14.3. The second-order valence-electron chi connectivity index (χ2n) is 5.55. The lowest BCUT2D eigenvalue weighted by Crippen LogP contribution is -2.57. The van der Waals surface area contributed by atoms with Gasteiger partial charge in [0.1, 0.15) is 0 Å². The minimum atomic E-state index is -5.67. The lowest BCUT2D eigenvalue weighted by molar-refractivity contribution is -0.282. The fraction of sp³-hybridized carbons (Fsp3) is 0.846. The smallest absolute Gasteiger partial charge is 0.327 e. The predicted molar refractivity (Wildman–Crippen MR) is 64.1 cm³/mol. The fourth-order valence-corrected chi connectivity index (χ4v) is 2.73. The van der Waals surface area contributed by atoms with Gasteiger partial charge in [-0.15, -0.1) is 0 Å². The van der Waals surface area contributed by atoms with Crippen molar-refractivity contribution in [3.63, 3.8) is 0 Å². The summed E-state index contributed by atoms with van der Waals surface area (Å²) in [7, 11) is 0. The van der Waals surface area contributed by atoms with Crippen molar-refractivity contribution in [3.05, 3.63) is 11.6 Å². The van der Waals surface area contributed by atoms with Crippen LogP contribution >= 0.6 is 0 Å². The van der Waals surface area contributed by atoms with Crippen LogP contribution in [0, 0.1) is 11.8 Å². The molecule has 0 radical (unpaired) electrons. The Kier molecular flexibility index (Phi) is 4.54. The molecule has 20 heavy (non-hydrogen) atoms. The molecule has 118 valence electrons. The minimum Gasteiger partial charge on any atom is -0.327 e. The van der Waals surface area contributed by atoms with Crippen LogP contribution in [0.25, 0.3) is 0 Å². The zero-order chi connectivity index (χ0) is 15.9. The molecule has 1 aliphatic carbocycles. The van der Waals surface area contributed by atoms with Crippen LogP contribution in [0.2, 0.25) is 0 Å². The monoisotopic (exact) mass is 303 g/mol. The third-order valence-electron chi connectivity index (χ3n) is 4.06. The van der Waals surface area contributed by atoms with Gasteiger partial charge >= 0.3 is 6.18 Å². The first-order valence-electron chi connectivity index (χ1n) is 6.46. The predicted octanol–water partition coefficient (Wildman–Crippen LogP) is 4.23. The van der Waals surface area contributed by atoms with Crippen molar-refractivity contribution >= 4 is 0 Å². The number of allylic oxidation sites excluding steroid dienone is 1.